The molecular formula is C18H20F7N3O2S. The third kappa shape index (κ3) is 5.83. The second kappa shape index (κ2) is 9.37. The number of nitrogens with zero attached hydrogens (tertiary/aromatic N) is 2. The van der Waals surface area contributed by atoms with Crippen LogP contribution in [0, 0.1) is 4.78 Å². The monoisotopic (exact) mass is 475 g/mol. The lowest BCUT2D eigenvalue weighted by Crippen LogP contribution is -2.53. The van der Waals surface area contributed by atoms with Crippen LogP contribution in [0.1, 0.15) is 26.0 Å². The van der Waals surface area contributed by atoms with Crippen molar-refractivity contribution in [2.45, 2.75) is 43.2 Å². The molecule has 0 bridgehead atoms. The van der Waals surface area contributed by atoms with Gasteiger partial charge in [-0.2, -0.15) is 30.7 Å². The van der Waals surface area contributed by atoms with Gasteiger partial charge in [0.25, 0.3) is 5.91 Å². The predicted molar refractivity (Wildman–Crippen MR) is 100 cm³/mol. The van der Waals surface area contributed by atoms with Gasteiger partial charge in [-0.25, -0.2) is 8.99 Å². The van der Waals surface area contributed by atoms with E-state index in [4.69, 9.17) is 4.78 Å². The second-order valence-electron chi connectivity index (χ2n) is 6.38. The highest BCUT2D eigenvalue weighted by Crippen LogP contribution is 2.48. The van der Waals surface area contributed by atoms with Crippen molar-refractivity contribution < 1.29 is 39.7 Å². The predicted octanol–water partition coefficient (Wildman–Crippen LogP) is 5.11. The highest BCUT2D eigenvalue weighted by Gasteiger charge is 2.72. The molecule has 0 saturated carbocycles. The number of carbonyl (C=O) groups is 1. The molecule has 1 aromatic heterocycles. The maximum absolute atomic E-state index is 13.5. The zero-order chi connectivity index (χ0) is 24.3. The van der Waals surface area contributed by atoms with Crippen LogP contribution in [-0.4, -0.2) is 50.3 Å². The first kappa shape index (κ1) is 26.6. The Kier molecular flexibility index (Phi) is 8.04. The lowest BCUT2D eigenvalue weighted by molar-refractivity contribution is -0.355. The molecule has 0 aliphatic heterocycles. The van der Waals surface area contributed by atoms with Gasteiger partial charge in [0.1, 0.15) is 0 Å². The van der Waals surface area contributed by atoms with Crippen molar-refractivity contribution in [3.63, 3.8) is 0 Å². The maximum atomic E-state index is 13.5. The van der Waals surface area contributed by atoms with E-state index >= 15 is 0 Å². The Morgan fingerprint density at radius 1 is 1.26 bits per heavy atom. The molecule has 0 aliphatic rings. The average Bonchev–Trinajstić information content (AvgIpc) is 2.67. The zero-order valence-electron chi connectivity index (χ0n) is 16.5. The van der Waals surface area contributed by atoms with E-state index in [9.17, 15) is 39.7 Å². The highest BCUT2D eigenvalue weighted by molar-refractivity contribution is 7.92. The number of hydrogen-bond donors (Lipinski definition) is 1. The molecule has 0 aromatic carbocycles. The topological polar surface area (TPSA) is 74.1 Å². The Balaban J connectivity index is 3.13. The summed E-state index contributed by atoms with van der Waals surface area (Å²) in [5.74, 6) is -12.8. The molecule has 1 unspecified atom stereocenters. The third-order valence-electron chi connectivity index (χ3n) is 4.23. The summed E-state index contributed by atoms with van der Waals surface area (Å²) in [6.07, 6.45) is -5.59. The quantitative estimate of drug-likeness (QED) is 0.399. The summed E-state index contributed by atoms with van der Waals surface area (Å²) in [6.45, 7) is 4.85. The molecule has 0 radical (unpaired) electrons. The van der Waals surface area contributed by atoms with E-state index in [1.54, 1.807) is 0 Å². The van der Waals surface area contributed by atoms with Crippen molar-refractivity contribution in [3.05, 3.63) is 42.9 Å². The van der Waals surface area contributed by atoms with Crippen LogP contribution in [0.25, 0.3) is 5.57 Å². The first-order valence-electron chi connectivity index (χ1n) is 8.67. The summed E-state index contributed by atoms with van der Waals surface area (Å²) in [6, 6.07) is 2.80. The maximum Gasteiger partial charge on any atom is 0.459 e. The van der Waals surface area contributed by atoms with Gasteiger partial charge in [-0.1, -0.05) is 13.5 Å². The first-order chi connectivity index (χ1) is 14.0. The van der Waals surface area contributed by atoms with Gasteiger partial charge in [-0.15, -0.1) is 0 Å². The number of hydrogen-bond acceptors (Lipinski definition) is 4. The summed E-state index contributed by atoms with van der Waals surface area (Å²) in [5.41, 5.74) is 0.101. The minimum Gasteiger partial charge on any atom is -0.316 e. The van der Waals surface area contributed by atoms with Gasteiger partial charge in [0.15, 0.2) is 0 Å². The molecule has 0 fully saturated rings. The fraction of sp³-hybridized carbons (Fsp3) is 0.444. The molecule has 174 valence electrons. The van der Waals surface area contributed by atoms with Gasteiger partial charge in [-0.3, -0.25) is 9.78 Å². The number of amides is 1. The lowest BCUT2D eigenvalue weighted by atomic mass is 10.1. The Morgan fingerprint density at radius 2 is 1.84 bits per heavy atom. The normalized spacial score (nSPS) is 15.3. The number of allylic oxidation sites excluding steroid dienone is 1. The average molecular weight is 475 g/mol. The standard InChI is InChI=1S/C18H20F7N3O2S/c1-4-28(10-8-16(19,20)17(21,22)18(23,24)25)14(29)11-12(3)15-13(7-6-9-27-15)31(26,30)5-2/h4,6-7,9,11,26H,1,5,8,10H2,2-3H3/b12-11+. The van der Waals surface area contributed by atoms with E-state index in [-0.39, 0.29) is 21.9 Å². The van der Waals surface area contributed by atoms with Crippen molar-refractivity contribution in [2.75, 3.05) is 12.3 Å². The Hall–Kier alpha value is -2.44. The summed E-state index contributed by atoms with van der Waals surface area (Å²) >= 11 is 0. The fourth-order valence-corrected chi connectivity index (χ4v) is 3.50. The minimum atomic E-state index is -6.46. The second-order valence-corrected chi connectivity index (χ2v) is 8.75. The van der Waals surface area contributed by atoms with Crippen LogP contribution in [0.4, 0.5) is 30.7 Å². The van der Waals surface area contributed by atoms with Crippen LogP contribution in [0.15, 0.2) is 42.1 Å². The number of rotatable bonds is 9. The Labute approximate surface area is 174 Å². The zero-order valence-corrected chi connectivity index (χ0v) is 17.3. The Bertz CT molecular complexity index is 957. The highest BCUT2D eigenvalue weighted by atomic mass is 32.2. The number of pyridine rings is 1. The Morgan fingerprint density at radius 3 is 2.32 bits per heavy atom. The van der Waals surface area contributed by atoms with Crippen LogP contribution < -0.4 is 0 Å². The summed E-state index contributed by atoms with van der Waals surface area (Å²) in [4.78, 5) is 16.8. The molecule has 1 heterocycles. The summed E-state index contributed by atoms with van der Waals surface area (Å²) < 4.78 is 110. The van der Waals surface area contributed by atoms with Gasteiger partial charge >= 0.3 is 18.0 Å². The number of alkyl halides is 7. The number of nitrogens with one attached hydrogen (secondary N) is 1. The number of halogens is 7. The van der Waals surface area contributed by atoms with E-state index in [1.165, 1.54) is 32.2 Å². The van der Waals surface area contributed by atoms with Crippen LogP contribution in [0.5, 0.6) is 0 Å². The van der Waals surface area contributed by atoms with Gasteiger partial charge in [0.05, 0.1) is 20.3 Å². The van der Waals surface area contributed by atoms with Crippen LogP contribution in [0.3, 0.4) is 0 Å². The molecule has 0 aliphatic carbocycles. The fourth-order valence-electron chi connectivity index (χ4n) is 2.36. The molecule has 1 amide bonds. The molecular weight excluding hydrogens is 455 g/mol. The third-order valence-corrected chi connectivity index (χ3v) is 6.08. The molecule has 0 spiro atoms. The van der Waals surface area contributed by atoms with Gasteiger partial charge in [0, 0.05) is 31.0 Å². The largest absolute Gasteiger partial charge is 0.459 e. The van der Waals surface area contributed by atoms with Crippen molar-refractivity contribution in [1.82, 2.24) is 9.88 Å². The van der Waals surface area contributed by atoms with Crippen molar-refractivity contribution >= 4 is 21.2 Å². The SMILES string of the molecule is C=CN(CCC(F)(F)C(F)(F)C(F)(F)F)C(=O)/C=C(\C)c1ncccc1S(=N)(=O)CC. The minimum absolute atomic E-state index is 0.0237. The van der Waals surface area contributed by atoms with E-state index in [0.717, 1.165) is 6.08 Å². The molecule has 0 saturated heterocycles. The summed E-state index contributed by atoms with van der Waals surface area (Å²) in [7, 11) is -3.23. The van der Waals surface area contributed by atoms with Crippen LogP contribution in [-0.2, 0) is 14.5 Å². The first-order valence-corrected chi connectivity index (χ1v) is 10.4. The van der Waals surface area contributed by atoms with E-state index in [0.29, 0.717) is 11.1 Å². The van der Waals surface area contributed by atoms with Crippen molar-refractivity contribution in [3.8, 4) is 0 Å². The van der Waals surface area contributed by atoms with Gasteiger partial charge in [-0.05, 0) is 30.8 Å². The molecule has 31 heavy (non-hydrogen) atoms. The number of carbonyl (C=O) groups excluding carboxylic acids is 1. The van der Waals surface area contributed by atoms with E-state index < -0.39 is 46.6 Å². The van der Waals surface area contributed by atoms with Crippen LogP contribution >= 0.6 is 0 Å². The smallest absolute Gasteiger partial charge is 0.316 e. The van der Waals surface area contributed by atoms with Gasteiger partial charge in [0.2, 0.25) is 0 Å². The lowest BCUT2D eigenvalue weighted by Gasteiger charge is -2.29. The molecule has 13 heteroatoms. The van der Waals surface area contributed by atoms with Gasteiger partial charge < -0.3 is 4.90 Å². The molecule has 1 aromatic rings. The van der Waals surface area contributed by atoms with Crippen molar-refractivity contribution in [1.29, 1.82) is 4.78 Å². The van der Waals surface area contributed by atoms with E-state index in [1.807, 2.05) is 0 Å². The number of aromatic nitrogens is 1. The summed E-state index contributed by atoms with van der Waals surface area (Å²) in [5, 5.41) is 0. The van der Waals surface area contributed by atoms with E-state index in [2.05, 4.69) is 11.6 Å². The van der Waals surface area contributed by atoms with Crippen molar-refractivity contribution in [2.24, 2.45) is 0 Å². The molecule has 1 atom stereocenters. The van der Waals surface area contributed by atoms with Crippen LogP contribution in [0.2, 0.25) is 0 Å². The molecule has 1 rings (SSSR count). The molecule has 5 nitrogen and oxygen atoms in total. The molecule has 1 N–H and O–H groups in total.